The predicted octanol–water partition coefficient (Wildman–Crippen LogP) is 3.40. The van der Waals surface area contributed by atoms with Crippen molar-refractivity contribution in [3.63, 3.8) is 0 Å². The lowest BCUT2D eigenvalue weighted by Gasteiger charge is -2.23. The van der Waals surface area contributed by atoms with Crippen LogP contribution in [-0.4, -0.2) is 19.0 Å². The van der Waals surface area contributed by atoms with Crippen LogP contribution in [0.15, 0.2) is 18.2 Å². The molecule has 3 rings (SSSR count). The fourth-order valence-electron chi connectivity index (χ4n) is 3.16. The maximum Gasteiger partial charge on any atom is 0.228 e. The molecule has 1 unspecified atom stereocenters. The Hall–Kier alpha value is -0.770. The number of anilines is 1. The highest BCUT2D eigenvalue weighted by atomic mass is 35.5. The van der Waals surface area contributed by atoms with E-state index < -0.39 is 0 Å². The van der Waals surface area contributed by atoms with Crippen LogP contribution in [0.25, 0.3) is 0 Å². The Morgan fingerprint density at radius 3 is 2.80 bits per heavy atom. The fraction of sp³-hybridized carbons (Fsp3) is 0.533. The lowest BCUT2D eigenvalue weighted by molar-refractivity contribution is -0.118. The molecule has 1 atom stereocenters. The normalized spacial score (nSPS) is 23.0. The topological polar surface area (TPSA) is 41.1 Å². The number of hydrogen-bond acceptors (Lipinski definition) is 2. The van der Waals surface area contributed by atoms with Crippen molar-refractivity contribution in [2.45, 2.75) is 26.2 Å². The van der Waals surface area contributed by atoms with E-state index in [2.05, 4.69) is 10.6 Å². The first-order chi connectivity index (χ1) is 9.12. The van der Waals surface area contributed by atoms with E-state index in [1.807, 2.05) is 25.1 Å². The van der Waals surface area contributed by atoms with Gasteiger partial charge in [0.05, 0.1) is 0 Å². The first kappa shape index (κ1) is 15.6. The molecule has 1 aliphatic heterocycles. The van der Waals surface area contributed by atoms with Crippen LogP contribution >= 0.6 is 24.0 Å². The molecule has 20 heavy (non-hydrogen) atoms. The van der Waals surface area contributed by atoms with Crippen LogP contribution in [0.2, 0.25) is 5.02 Å². The van der Waals surface area contributed by atoms with Crippen molar-refractivity contribution >= 4 is 35.6 Å². The van der Waals surface area contributed by atoms with Crippen LogP contribution < -0.4 is 10.6 Å². The number of halogens is 2. The number of hydrogen-bond donors (Lipinski definition) is 2. The maximum absolute atomic E-state index is 12.3. The van der Waals surface area contributed by atoms with Gasteiger partial charge in [0.2, 0.25) is 5.91 Å². The number of piperidine rings is 1. The van der Waals surface area contributed by atoms with E-state index in [-0.39, 0.29) is 29.6 Å². The van der Waals surface area contributed by atoms with Gasteiger partial charge in [0.15, 0.2) is 0 Å². The van der Waals surface area contributed by atoms with Gasteiger partial charge in [0.1, 0.15) is 0 Å². The molecule has 0 radical (unpaired) electrons. The molecule has 0 bridgehead atoms. The molecule has 1 heterocycles. The van der Waals surface area contributed by atoms with Crippen molar-refractivity contribution in [1.29, 1.82) is 0 Å². The van der Waals surface area contributed by atoms with E-state index in [0.717, 1.165) is 43.6 Å². The molecule has 1 aromatic carbocycles. The zero-order valence-electron chi connectivity index (χ0n) is 11.5. The van der Waals surface area contributed by atoms with Crippen LogP contribution in [0.1, 0.15) is 24.8 Å². The first-order valence-corrected chi connectivity index (χ1v) is 7.27. The third-order valence-electron chi connectivity index (χ3n) is 4.63. The van der Waals surface area contributed by atoms with Crippen molar-refractivity contribution in [2.24, 2.45) is 11.3 Å². The monoisotopic (exact) mass is 314 g/mol. The average molecular weight is 315 g/mol. The third kappa shape index (κ3) is 2.80. The predicted molar refractivity (Wildman–Crippen MR) is 84.7 cm³/mol. The van der Waals surface area contributed by atoms with Gasteiger partial charge in [-0.05, 0) is 62.4 Å². The van der Waals surface area contributed by atoms with E-state index in [1.165, 1.54) is 0 Å². The lowest BCUT2D eigenvalue weighted by Crippen LogP contribution is -2.31. The summed E-state index contributed by atoms with van der Waals surface area (Å²) in [6.07, 6.45) is 3.29. The minimum Gasteiger partial charge on any atom is -0.326 e. The molecule has 1 aromatic rings. The van der Waals surface area contributed by atoms with Gasteiger partial charge in [-0.2, -0.15) is 0 Å². The number of carbonyl (C=O) groups is 1. The Morgan fingerprint density at radius 1 is 1.40 bits per heavy atom. The summed E-state index contributed by atoms with van der Waals surface area (Å²) in [5.74, 6) is 0.347. The summed E-state index contributed by atoms with van der Waals surface area (Å²) in [5.41, 5.74) is 2.06. The molecule has 1 saturated heterocycles. The summed E-state index contributed by atoms with van der Waals surface area (Å²) in [4.78, 5) is 12.3. The SMILES string of the molecule is Cc1c(Cl)cccc1NC(=O)C1CC12CCNCC2.Cl. The third-order valence-corrected chi connectivity index (χ3v) is 5.04. The van der Waals surface area contributed by atoms with Crippen LogP contribution in [0.3, 0.4) is 0 Å². The van der Waals surface area contributed by atoms with E-state index in [4.69, 9.17) is 11.6 Å². The summed E-state index contributed by atoms with van der Waals surface area (Å²) in [6.45, 7) is 4.02. The number of amides is 1. The van der Waals surface area contributed by atoms with Gasteiger partial charge in [0.25, 0.3) is 0 Å². The lowest BCUT2D eigenvalue weighted by atomic mass is 9.91. The molecule has 2 fully saturated rings. The quantitative estimate of drug-likeness (QED) is 0.878. The average Bonchev–Trinajstić information content (AvgIpc) is 3.09. The highest BCUT2D eigenvalue weighted by molar-refractivity contribution is 6.31. The zero-order chi connectivity index (χ0) is 13.5. The number of nitrogens with one attached hydrogen (secondary N) is 2. The van der Waals surface area contributed by atoms with E-state index in [1.54, 1.807) is 0 Å². The second kappa shape index (κ2) is 5.92. The van der Waals surface area contributed by atoms with Crippen molar-refractivity contribution in [3.8, 4) is 0 Å². The second-order valence-corrected chi connectivity index (χ2v) is 6.18. The van der Waals surface area contributed by atoms with Crippen molar-refractivity contribution in [2.75, 3.05) is 18.4 Å². The molecule has 5 heteroatoms. The van der Waals surface area contributed by atoms with Crippen LogP contribution in [0.4, 0.5) is 5.69 Å². The van der Waals surface area contributed by atoms with E-state index in [9.17, 15) is 4.79 Å². The van der Waals surface area contributed by atoms with Gasteiger partial charge in [-0.25, -0.2) is 0 Å². The molecular weight excluding hydrogens is 295 g/mol. The molecule has 1 saturated carbocycles. The minimum absolute atomic E-state index is 0. The highest BCUT2D eigenvalue weighted by Gasteiger charge is 2.57. The fourth-order valence-corrected chi connectivity index (χ4v) is 3.33. The van der Waals surface area contributed by atoms with Crippen LogP contribution in [-0.2, 0) is 4.79 Å². The highest BCUT2D eigenvalue weighted by Crippen LogP contribution is 2.58. The Kier molecular flexibility index (Phi) is 4.62. The van der Waals surface area contributed by atoms with Crippen molar-refractivity contribution in [1.82, 2.24) is 5.32 Å². The summed E-state index contributed by atoms with van der Waals surface area (Å²) >= 11 is 6.08. The maximum atomic E-state index is 12.3. The summed E-state index contributed by atoms with van der Waals surface area (Å²) < 4.78 is 0. The Bertz CT molecular complexity index is 513. The van der Waals surface area contributed by atoms with Gasteiger partial charge < -0.3 is 10.6 Å². The number of carbonyl (C=O) groups excluding carboxylic acids is 1. The zero-order valence-corrected chi connectivity index (χ0v) is 13.1. The molecule has 3 nitrogen and oxygen atoms in total. The van der Waals surface area contributed by atoms with Crippen molar-refractivity contribution < 1.29 is 4.79 Å². The minimum atomic E-state index is 0. The second-order valence-electron chi connectivity index (χ2n) is 5.77. The number of benzene rings is 1. The van der Waals surface area contributed by atoms with Crippen LogP contribution in [0.5, 0.6) is 0 Å². The molecule has 1 spiro atoms. The van der Waals surface area contributed by atoms with Crippen molar-refractivity contribution in [3.05, 3.63) is 28.8 Å². The summed E-state index contributed by atoms with van der Waals surface area (Å²) in [5, 5.41) is 7.10. The largest absolute Gasteiger partial charge is 0.326 e. The molecule has 2 aliphatic rings. The van der Waals surface area contributed by atoms with Gasteiger partial charge in [-0.1, -0.05) is 17.7 Å². The Balaban J connectivity index is 0.00000147. The summed E-state index contributed by atoms with van der Waals surface area (Å²) in [7, 11) is 0. The molecule has 1 amide bonds. The first-order valence-electron chi connectivity index (χ1n) is 6.89. The standard InChI is InChI=1S/C15H19ClN2O.ClH/c1-10-12(16)3-2-4-13(10)18-14(19)11-9-15(11)5-7-17-8-6-15;/h2-4,11,17H,5-9H2,1H3,(H,18,19);1H. The van der Waals surface area contributed by atoms with Gasteiger partial charge in [-0.3, -0.25) is 4.79 Å². The molecule has 2 N–H and O–H groups in total. The molecule has 0 aromatic heterocycles. The molecule has 110 valence electrons. The summed E-state index contributed by atoms with van der Waals surface area (Å²) in [6, 6.07) is 5.63. The van der Waals surface area contributed by atoms with E-state index >= 15 is 0 Å². The smallest absolute Gasteiger partial charge is 0.228 e. The van der Waals surface area contributed by atoms with Gasteiger partial charge in [-0.15, -0.1) is 12.4 Å². The van der Waals surface area contributed by atoms with E-state index in [0.29, 0.717) is 5.02 Å². The Labute approximate surface area is 130 Å². The molecular formula is C15H20Cl2N2O. The Morgan fingerprint density at radius 2 is 2.10 bits per heavy atom. The molecule has 1 aliphatic carbocycles. The van der Waals surface area contributed by atoms with Gasteiger partial charge >= 0.3 is 0 Å². The van der Waals surface area contributed by atoms with Crippen LogP contribution in [0, 0.1) is 18.3 Å². The number of rotatable bonds is 2. The van der Waals surface area contributed by atoms with Gasteiger partial charge in [0, 0.05) is 16.6 Å².